The van der Waals surface area contributed by atoms with E-state index in [9.17, 15) is 0 Å². The molecule has 1 heterocycles. The van der Waals surface area contributed by atoms with Gasteiger partial charge in [0, 0.05) is 6.54 Å². The first kappa shape index (κ1) is 15.9. The summed E-state index contributed by atoms with van der Waals surface area (Å²) >= 11 is 0. The van der Waals surface area contributed by atoms with Crippen LogP contribution in [0.4, 0.5) is 0 Å². The van der Waals surface area contributed by atoms with Crippen molar-refractivity contribution >= 4 is 0 Å². The Hall–Kier alpha value is -2.00. The molecule has 1 N–H and O–H groups in total. The molecule has 3 rings (SSSR count). The van der Waals surface area contributed by atoms with Gasteiger partial charge in [-0.25, -0.2) is 0 Å². The molecule has 0 bridgehead atoms. The van der Waals surface area contributed by atoms with Gasteiger partial charge in [0.15, 0.2) is 11.5 Å². The van der Waals surface area contributed by atoms with Gasteiger partial charge in [0.1, 0.15) is 0 Å². The molecule has 1 aliphatic heterocycles. The first-order valence-corrected chi connectivity index (χ1v) is 8.42. The van der Waals surface area contributed by atoms with Crippen molar-refractivity contribution < 1.29 is 9.47 Å². The van der Waals surface area contributed by atoms with Crippen LogP contribution in [0.3, 0.4) is 0 Å². The molecule has 0 amide bonds. The van der Waals surface area contributed by atoms with E-state index < -0.39 is 0 Å². The SMILES string of the molecule is CCOc1cc2c(cc1OC)[C@H](c1ccc(CC)cc1)NCC2. The van der Waals surface area contributed by atoms with Crippen LogP contribution < -0.4 is 14.8 Å². The van der Waals surface area contributed by atoms with Crippen LogP contribution in [0.25, 0.3) is 0 Å². The third kappa shape index (κ3) is 3.20. The molecule has 2 aromatic rings. The lowest BCUT2D eigenvalue weighted by molar-refractivity contribution is 0.309. The van der Waals surface area contributed by atoms with Crippen molar-refractivity contribution in [2.45, 2.75) is 32.7 Å². The Morgan fingerprint density at radius 2 is 1.87 bits per heavy atom. The van der Waals surface area contributed by atoms with Gasteiger partial charge in [-0.1, -0.05) is 31.2 Å². The second-order valence-electron chi connectivity index (χ2n) is 5.87. The number of rotatable bonds is 5. The van der Waals surface area contributed by atoms with Gasteiger partial charge in [0.05, 0.1) is 19.8 Å². The highest BCUT2D eigenvalue weighted by molar-refractivity contribution is 5.51. The zero-order valence-electron chi connectivity index (χ0n) is 14.2. The van der Waals surface area contributed by atoms with Crippen LogP contribution in [0.2, 0.25) is 0 Å². The Morgan fingerprint density at radius 3 is 2.52 bits per heavy atom. The van der Waals surface area contributed by atoms with Crippen LogP contribution in [-0.4, -0.2) is 20.3 Å². The van der Waals surface area contributed by atoms with Crippen molar-refractivity contribution in [1.29, 1.82) is 0 Å². The number of methoxy groups -OCH3 is 1. The van der Waals surface area contributed by atoms with Crippen LogP contribution >= 0.6 is 0 Å². The van der Waals surface area contributed by atoms with Crippen LogP contribution in [0.5, 0.6) is 11.5 Å². The monoisotopic (exact) mass is 311 g/mol. The minimum Gasteiger partial charge on any atom is -0.493 e. The van der Waals surface area contributed by atoms with Gasteiger partial charge in [0.2, 0.25) is 0 Å². The average molecular weight is 311 g/mol. The zero-order chi connectivity index (χ0) is 16.2. The summed E-state index contributed by atoms with van der Waals surface area (Å²) in [7, 11) is 1.70. The van der Waals surface area contributed by atoms with Gasteiger partial charge >= 0.3 is 0 Å². The van der Waals surface area contributed by atoms with Crippen molar-refractivity contribution in [3.8, 4) is 11.5 Å². The smallest absolute Gasteiger partial charge is 0.161 e. The standard InChI is InChI=1S/C20H25NO2/c1-4-14-6-8-15(9-7-14)20-17-13-18(22-3)19(23-5-2)12-16(17)10-11-21-20/h6-9,12-13,20-21H,4-5,10-11H2,1-3H3/t20-/m0/s1. The third-order valence-corrected chi connectivity index (χ3v) is 4.50. The first-order valence-electron chi connectivity index (χ1n) is 8.42. The lowest BCUT2D eigenvalue weighted by Crippen LogP contribution is -2.30. The summed E-state index contributed by atoms with van der Waals surface area (Å²) in [6.45, 7) is 5.81. The van der Waals surface area contributed by atoms with Crippen molar-refractivity contribution in [3.63, 3.8) is 0 Å². The van der Waals surface area contributed by atoms with E-state index in [1.165, 1.54) is 22.3 Å². The fourth-order valence-electron chi connectivity index (χ4n) is 3.24. The van der Waals surface area contributed by atoms with E-state index in [2.05, 4.69) is 48.6 Å². The van der Waals surface area contributed by atoms with Crippen molar-refractivity contribution in [2.24, 2.45) is 0 Å². The Bertz CT molecular complexity index is 664. The molecule has 0 spiro atoms. The maximum atomic E-state index is 5.72. The minimum absolute atomic E-state index is 0.217. The van der Waals surface area contributed by atoms with Gasteiger partial charge in [-0.15, -0.1) is 0 Å². The van der Waals surface area contributed by atoms with Gasteiger partial charge in [0.25, 0.3) is 0 Å². The predicted molar refractivity (Wildman–Crippen MR) is 93.5 cm³/mol. The molecule has 0 radical (unpaired) electrons. The summed E-state index contributed by atoms with van der Waals surface area (Å²) in [5.41, 5.74) is 5.31. The molecule has 23 heavy (non-hydrogen) atoms. The Kier molecular flexibility index (Phi) is 4.87. The molecule has 0 aromatic heterocycles. The number of benzene rings is 2. The van der Waals surface area contributed by atoms with Crippen LogP contribution in [0.1, 0.15) is 42.1 Å². The van der Waals surface area contributed by atoms with E-state index in [-0.39, 0.29) is 6.04 Å². The lowest BCUT2D eigenvalue weighted by Gasteiger charge is -2.28. The lowest BCUT2D eigenvalue weighted by atomic mass is 9.89. The van der Waals surface area contributed by atoms with E-state index in [0.717, 1.165) is 30.9 Å². The highest BCUT2D eigenvalue weighted by atomic mass is 16.5. The molecule has 1 atom stereocenters. The molecule has 0 saturated heterocycles. The quantitative estimate of drug-likeness (QED) is 0.908. The molecular formula is C20H25NO2. The molecule has 3 heteroatoms. The molecular weight excluding hydrogens is 286 g/mol. The number of ether oxygens (including phenoxy) is 2. The minimum atomic E-state index is 0.217. The van der Waals surface area contributed by atoms with Crippen molar-refractivity contribution in [1.82, 2.24) is 5.32 Å². The number of aryl methyl sites for hydroxylation is 1. The predicted octanol–water partition coefficient (Wildman–Crippen LogP) is 3.89. The summed E-state index contributed by atoms with van der Waals surface area (Å²) in [5.74, 6) is 1.65. The molecule has 0 fully saturated rings. The van der Waals surface area contributed by atoms with E-state index in [1.807, 2.05) is 6.92 Å². The first-order chi connectivity index (χ1) is 11.3. The highest BCUT2D eigenvalue weighted by Gasteiger charge is 2.23. The fourth-order valence-corrected chi connectivity index (χ4v) is 3.24. The van der Waals surface area contributed by atoms with Crippen molar-refractivity contribution in [2.75, 3.05) is 20.3 Å². The van der Waals surface area contributed by atoms with Gasteiger partial charge < -0.3 is 14.8 Å². The molecule has 0 saturated carbocycles. The maximum Gasteiger partial charge on any atom is 0.161 e. The molecule has 2 aromatic carbocycles. The topological polar surface area (TPSA) is 30.5 Å². The maximum absolute atomic E-state index is 5.72. The Morgan fingerprint density at radius 1 is 1.09 bits per heavy atom. The van der Waals surface area contributed by atoms with E-state index in [0.29, 0.717) is 6.61 Å². The molecule has 122 valence electrons. The molecule has 0 unspecified atom stereocenters. The summed E-state index contributed by atoms with van der Waals surface area (Å²) in [6, 6.07) is 13.4. The summed E-state index contributed by atoms with van der Waals surface area (Å²) in [5, 5.41) is 3.64. The highest BCUT2D eigenvalue weighted by Crippen LogP contribution is 2.37. The Labute approximate surface area is 138 Å². The molecule has 3 nitrogen and oxygen atoms in total. The largest absolute Gasteiger partial charge is 0.493 e. The summed E-state index contributed by atoms with van der Waals surface area (Å²) < 4.78 is 11.3. The zero-order valence-corrected chi connectivity index (χ0v) is 14.2. The average Bonchev–Trinajstić information content (AvgIpc) is 2.61. The normalized spacial score (nSPS) is 16.7. The number of fused-ring (bicyclic) bond motifs is 1. The second-order valence-corrected chi connectivity index (χ2v) is 5.87. The van der Waals surface area contributed by atoms with Gasteiger partial charge in [-0.2, -0.15) is 0 Å². The van der Waals surface area contributed by atoms with Crippen molar-refractivity contribution in [3.05, 3.63) is 58.7 Å². The second kappa shape index (κ2) is 7.05. The van der Waals surface area contributed by atoms with Crippen LogP contribution in [-0.2, 0) is 12.8 Å². The number of hydrogen-bond acceptors (Lipinski definition) is 3. The van der Waals surface area contributed by atoms with E-state index in [1.54, 1.807) is 7.11 Å². The molecule has 1 aliphatic rings. The Balaban J connectivity index is 2.00. The number of nitrogens with one attached hydrogen (secondary N) is 1. The van der Waals surface area contributed by atoms with Crippen LogP contribution in [0, 0.1) is 0 Å². The van der Waals surface area contributed by atoms with Gasteiger partial charge in [-0.05, 0) is 54.2 Å². The molecule has 0 aliphatic carbocycles. The number of hydrogen-bond donors (Lipinski definition) is 1. The fraction of sp³-hybridized carbons (Fsp3) is 0.400. The van der Waals surface area contributed by atoms with Crippen LogP contribution in [0.15, 0.2) is 36.4 Å². The van der Waals surface area contributed by atoms with Gasteiger partial charge in [-0.3, -0.25) is 0 Å². The summed E-state index contributed by atoms with van der Waals surface area (Å²) in [4.78, 5) is 0. The summed E-state index contributed by atoms with van der Waals surface area (Å²) in [6.07, 6.45) is 2.09. The van der Waals surface area contributed by atoms with E-state index in [4.69, 9.17) is 9.47 Å². The third-order valence-electron chi connectivity index (χ3n) is 4.50. The van der Waals surface area contributed by atoms with E-state index >= 15 is 0 Å².